The number of rotatable bonds is 7. The third kappa shape index (κ3) is 5.38. The van der Waals surface area contributed by atoms with Crippen LogP contribution in [0.4, 0.5) is 0 Å². The van der Waals surface area contributed by atoms with Gasteiger partial charge in [-0.05, 0) is 25.3 Å². The van der Waals surface area contributed by atoms with Gasteiger partial charge in [0.15, 0.2) is 0 Å². The predicted molar refractivity (Wildman–Crippen MR) is 85.6 cm³/mol. The van der Waals surface area contributed by atoms with Crippen molar-refractivity contribution in [3.05, 3.63) is 16.1 Å². The Morgan fingerprint density at radius 1 is 1.45 bits per heavy atom. The predicted octanol–water partition coefficient (Wildman–Crippen LogP) is 2.77. The number of nitrogens with two attached hydrogens (primary N) is 1. The maximum Gasteiger partial charge on any atom is 0.270 e. The van der Waals surface area contributed by atoms with Gasteiger partial charge in [0.1, 0.15) is 5.69 Å². The summed E-state index contributed by atoms with van der Waals surface area (Å²) in [6, 6.07) is 0. The third-order valence-electron chi connectivity index (χ3n) is 3.69. The highest BCUT2D eigenvalue weighted by molar-refractivity contribution is 7.09. The van der Waals surface area contributed by atoms with E-state index in [1.165, 1.54) is 43.4 Å². The molecule has 0 aliphatic heterocycles. The molecule has 1 aromatic rings. The highest BCUT2D eigenvalue weighted by atomic mass is 35.5. The van der Waals surface area contributed by atoms with Gasteiger partial charge in [0.25, 0.3) is 5.91 Å². The van der Waals surface area contributed by atoms with Crippen LogP contribution in [0.2, 0.25) is 0 Å². The molecule has 0 atom stereocenters. The number of aromatic nitrogens is 1. The molecule has 1 aliphatic carbocycles. The average molecular weight is 318 g/mol. The Bertz CT molecular complexity index is 405. The van der Waals surface area contributed by atoms with Gasteiger partial charge in [-0.15, -0.1) is 23.7 Å². The maximum atomic E-state index is 11.9. The summed E-state index contributed by atoms with van der Waals surface area (Å²) in [5, 5.41) is 5.71. The molecule has 20 heavy (non-hydrogen) atoms. The lowest BCUT2D eigenvalue weighted by Crippen LogP contribution is -2.25. The van der Waals surface area contributed by atoms with Gasteiger partial charge < -0.3 is 11.1 Å². The van der Waals surface area contributed by atoms with Crippen LogP contribution in [0.3, 0.4) is 0 Å². The molecular formula is C14H24ClN3OS. The van der Waals surface area contributed by atoms with Gasteiger partial charge in [-0.25, -0.2) is 4.98 Å². The molecular weight excluding hydrogens is 294 g/mol. The number of hydrogen-bond donors (Lipinski definition) is 2. The van der Waals surface area contributed by atoms with Gasteiger partial charge in [-0.2, -0.15) is 0 Å². The second-order valence-corrected chi connectivity index (χ2v) is 6.16. The van der Waals surface area contributed by atoms with Crippen LogP contribution >= 0.6 is 23.7 Å². The van der Waals surface area contributed by atoms with Crippen LogP contribution in [0.5, 0.6) is 0 Å². The number of hydrogen-bond acceptors (Lipinski definition) is 4. The number of carbonyl (C=O) groups excluding carboxylic acids is 1. The molecule has 0 unspecified atom stereocenters. The van der Waals surface area contributed by atoms with Gasteiger partial charge in [0.2, 0.25) is 0 Å². The molecule has 0 saturated heterocycles. The lowest BCUT2D eigenvalue weighted by atomic mass is 10.0. The van der Waals surface area contributed by atoms with Gasteiger partial charge in [0, 0.05) is 18.3 Å². The standard InChI is InChI=1S/C14H23N3OS.ClH/c15-8-7-13-17-12(10-19-13)14(18)16-9-3-6-11-4-1-2-5-11;/h10-11H,1-9,15H2,(H,16,18);1H. The summed E-state index contributed by atoms with van der Waals surface area (Å²) < 4.78 is 0. The van der Waals surface area contributed by atoms with Crippen molar-refractivity contribution in [2.24, 2.45) is 11.7 Å². The fourth-order valence-corrected chi connectivity index (χ4v) is 3.43. The lowest BCUT2D eigenvalue weighted by molar-refractivity contribution is 0.0948. The summed E-state index contributed by atoms with van der Waals surface area (Å²) in [5.74, 6) is 0.846. The van der Waals surface area contributed by atoms with E-state index in [-0.39, 0.29) is 18.3 Å². The van der Waals surface area contributed by atoms with Crippen molar-refractivity contribution >= 4 is 29.7 Å². The quantitative estimate of drug-likeness (QED) is 0.760. The monoisotopic (exact) mass is 317 g/mol. The number of thiazole rings is 1. The topological polar surface area (TPSA) is 68.0 Å². The highest BCUT2D eigenvalue weighted by Gasteiger charge is 2.14. The first-order chi connectivity index (χ1) is 9.29. The van der Waals surface area contributed by atoms with Crippen molar-refractivity contribution < 1.29 is 4.79 Å². The van der Waals surface area contributed by atoms with E-state index in [0.29, 0.717) is 12.2 Å². The molecule has 114 valence electrons. The molecule has 3 N–H and O–H groups in total. The van der Waals surface area contributed by atoms with Crippen LogP contribution in [-0.2, 0) is 6.42 Å². The fraction of sp³-hybridized carbons (Fsp3) is 0.714. The minimum absolute atomic E-state index is 0. The second kappa shape index (κ2) is 9.32. The molecule has 4 nitrogen and oxygen atoms in total. The second-order valence-electron chi connectivity index (χ2n) is 5.21. The Balaban J connectivity index is 0.00000200. The van der Waals surface area contributed by atoms with Gasteiger partial charge >= 0.3 is 0 Å². The van der Waals surface area contributed by atoms with E-state index in [0.717, 1.165) is 30.3 Å². The number of amides is 1. The SMILES string of the molecule is Cl.NCCc1nc(C(=O)NCCCC2CCCC2)cs1. The van der Waals surface area contributed by atoms with Crippen LogP contribution in [0.25, 0.3) is 0 Å². The van der Waals surface area contributed by atoms with E-state index in [2.05, 4.69) is 10.3 Å². The first-order valence-electron chi connectivity index (χ1n) is 7.22. The summed E-state index contributed by atoms with van der Waals surface area (Å²) in [4.78, 5) is 16.1. The van der Waals surface area contributed by atoms with Crippen molar-refractivity contribution in [1.82, 2.24) is 10.3 Å². The zero-order valence-electron chi connectivity index (χ0n) is 11.8. The lowest BCUT2D eigenvalue weighted by Gasteiger charge is -2.08. The fourth-order valence-electron chi connectivity index (χ4n) is 2.64. The van der Waals surface area contributed by atoms with E-state index in [1.54, 1.807) is 0 Å². The summed E-state index contributed by atoms with van der Waals surface area (Å²) >= 11 is 1.51. The van der Waals surface area contributed by atoms with Crippen molar-refractivity contribution in [3.8, 4) is 0 Å². The molecule has 1 fully saturated rings. The Hall–Kier alpha value is -0.650. The van der Waals surface area contributed by atoms with Crippen LogP contribution < -0.4 is 11.1 Å². The normalized spacial score (nSPS) is 15.1. The summed E-state index contributed by atoms with van der Waals surface area (Å²) in [5.41, 5.74) is 6.01. The van der Waals surface area contributed by atoms with Crippen molar-refractivity contribution in [2.45, 2.75) is 44.9 Å². The number of nitrogens with one attached hydrogen (secondary N) is 1. The summed E-state index contributed by atoms with van der Waals surface area (Å²) in [7, 11) is 0. The van der Waals surface area contributed by atoms with Crippen LogP contribution in [-0.4, -0.2) is 24.0 Å². The smallest absolute Gasteiger partial charge is 0.270 e. The molecule has 1 aromatic heterocycles. The molecule has 0 aromatic carbocycles. The van der Waals surface area contributed by atoms with Crippen LogP contribution in [0.1, 0.15) is 54.0 Å². The van der Waals surface area contributed by atoms with E-state index < -0.39 is 0 Å². The third-order valence-corrected chi connectivity index (χ3v) is 4.60. The molecule has 1 saturated carbocycles. The van der Waals surface area contributed by atoms with Gasteiger partial charge in [0.05, 0.1) is 5.01 Å². The average Bonchev–Trinajstić information content (AvgIpc) is 3.06. The molecule has 2 rings (SSSR count). The minimum atomic E-state index is -0.0501. The molecule has 6 heteroatoms. The zero-order chi connectivity index (χ0) is 13.5. The Labute approximate surface area is 131 Å². The molecule has 0 radical (unpaired) electrons. The number of carbonyl (C=O) groups is 1. The molecule has 1 amide bonds. The first-order valence-corrected chi connectivity index (χ1v) is 8.10. The largest absolute Gasteiger partial charge is 0.351 e. The van der Waals surface area contributed by atoms with E-state index >= 15 is 0 Å². The van der Waals surface area contributed by atoms with Crippen molar-refractivity contribution in [3.63, 3.8) is 0 Å². The Kier molecular flexibility index (Phi) is 8.11. The Morgan fingerprint density at radius 3 is 2.90 bits per heavy atom. The van der Waals surface area contributed by atoms with Crippen molar-refractivity contribution in [2.75, 3.05) is 13.1 Å². The molecule has 1 aliphatic rings. The molecule has 1 heterocycles. The number of halogens is 1. The van der Waals surface area contributed by atoms with E-state index in [1.807, 2.05) is 5.38 Å². The van der Waals surface area contributed by atoms with Crippen molar-refractivity contribution in [1.29, 1.82) is 0 Å². The molecule has 0 spiro atoms. The maximum absolute atomic E-state index is 11.9. The molecule has 0 bridgehead atoms. The van der Waals surface area contributed by atoms with E-state index in [9.17, 15) is 4.79 Å². The van der Waals surface area contributed by atoms with Gasteiger partial charge in [-0.3, -0.25) is 4.79 Å². The Morgan fingerprint density at radius 2 is 2.20 bits per heavy atom. The highest BCUT2D eigenvalue weighted by Crippen LogP contribution is 2.28. The van der Waals surface area contributed by atoms with E-state index in [4.69, 9.17) is 5.73 Å². The first kappa shape index (κ1) is 17.4. The zero-order valence-corrected chi connectivity index (χ0v) is 13.4. The summed E-state index contributed by atoms with van der Waals surface area (Å²) in [6.45, 7) is 1.34. The minimum Gasteiger partial charge on any atom is -0.351 e. The summed E-state index contributed by atoms with van der Waals surface area (Å²) in [6.07, 6.45) is 8.61. The van der Waals surface area contributed by atoms with Gasteiger partial charge in [-0.1, -0.05) is 25.7 Å². The van der Waals surface area contributed by atoms with Crippen LogP contribution in [0.15, 0.2) is 5.38 Å². The number of nitrogens with zero attached hydrogens (tertiary/aromatic N) is 1. The van der Waals surface area contributed by atoms with Crippen LogP contribution in [0, 0.1) is 5.92 Å².